The van der Waals surface area contributed by atoms with Gasteiger partial charge in [-0.25, -0.2) is 0 Å². The van der Waals surface area contributed by atoms with E-state index in [-0.39, 0.29) is 29.6 Å². The van der Waals surface area contributed by atoms with E-state index in [0.29, 0.717) is 16.2 Å². The van der Waals surface area contributed by atoms with E-state index in [9.17, 15) is 8.76 Å². The Balaban J connectivity index is 0.00000144. The number of methoxy groups -OCH3 is 1. The van der Waals surface area contributed by atoms with Crippen molar-refractivity contribution in [2.75, 3.05) is 7.11 Å². The Morgan fingerprint density at radius 2 is 2.08 bits per heavy atom. The Bertz CT molecular complexity index is 314. The zero-order valence-electron chi connectivity index (χ0n) is 7.87. The molecular weight excluding hydrogens is 199 g/mol. The first kappa shape index (κ1) is 13.1. The second kappa shape index (κ2) is 5.78. The van der Waals surface area contributed by atoms with Crippen LogP contribution in [0.15, 0.2) is 23.1 Å². The molecule has 0 N–H and O–H groups in total. The largest absolute Gasteiger partial charge is 1.00 e. The minimum Gasteiger partial charge on any atom is -0.768 e. The molecule has 0 saturated heterocycles. The van der Waals surface area contributed by atoms with Crippen LogP contribution in [0.3, 0.4) is 0 Å². The summed E-state index contributed by atoms with van der Waals surface area (Å²) in [5, 5.41) is 0. The van der Waals surface area contributed by atoms with E-state index < -0.39 is 11.1 Å². The molecule has 1 unspecified atom stereocenters. The maximum absolute atomic E-state index is 10.6. The Hall–Kier alpha value is 0.130. The molecule has 0 saturated carbocycles. The molecule has 0 aliphatic carbocycles. The minimum absolute atomic E-state index is 0. The summed E-state index contributed by atoms with van der Waals surface area (Å²) < 4.78 is 26.1. The second-order valence-electron chi connectivity index (χ2n) is 2.37. The fourth-order valence-corrected chi connectivity index (χ4v) is 1.44. The first-order valence-electron chi connectivity index (χ1n) is 3.39. The Labute approximate surface area is 102 Å². The van der Waals surface area contributed by atoms with Crippen LogP contribution < -0.4 is 34.3 Å². The van der Waals surface area contributed by atoms with E-state index in [4.69, 9.17) is 4.74 Å². The van der Waals surface area contributed by atoms with Gasteiger partial charge in [-0.1, -0.05) is 0 Å². The van der Waals surface area contributed by atoms with Crippen LogP contribution in [-0.2, 0) is 11.1 Å². The average Bonchev–Trinajstić information content (AvgIpc) is 2.03. The quantitative estimate of drug-likeness (QED) is 0.427. The fourth-order valence-electron chi connectivity index (χ4n) is 0.936. The number of hydrogen-bond acceptors (Lipinski definition) is 3. The Morgan fingerprint density at radius 1 is 1.46 bits per heavy atom. The van der Waals surface area contributed by atoms with Gasteiger partial charge in [0.2, 0.25) is 0 Å². The number of rotatable bonds is 2. The monoisotopic (exact) mass is 208 g/mol. The molecule has 0 fully saturated rings. The van der Waals surface area contributed by atoms with E-state index in [2.05, 4.69) is 0 Å². The summed E-state index contributed by atoms with van der Waals surface area (Å²) in [4.78, 5) is 0.316. The van der Waals surface area contributed by atoms with E-state index in [1.807, 2.05) is 0 Å². The third-order valence-corrected chi connectivity index (χ3v) is 2.38. The average molecular weight is 208 g/mol. The van der Waals surface area contributed by atoms with Crippen LogP contribution in [0, 0.1) is 6.92 Å². The molecule has 0 spiro atoms. The zero-order valence-corrected chi connectivity index (χ0v) is 10.7. The third-order valence-electron chi connectivity index (χ3n) is 1.56. The molecule has 0 aromatic heterocycles. The van der Waals surface area contributed by atoms with Crippen molar-refractivity contribution in [3.63, 3.8) is 0 Å². The first-order chi connectivity index (χ1) is 5.65. The van der Waals surface area contributed by atoms with Crippen molar-refractivity contribution in [2.24, 2.45) is 0 Å². The van der Waals surface area contributed by atoms with Gasteiger partial charge in [-0.3, -0.25) is 4.21 Å². The smallest absolute Gasteiger partial charge is 0.768 e. The molecule has 66 valence electrons. The van der Waals surface area contributed by atoms with Gasteiger partial charge in [-0.2, -0.15) is 0 Å². The third kappa shape index (κ3) is 3.40. The van der Waals surface area contributed by atoms with Crippen molar-refractivity contribution >= 4 is 11.1 Å². The van der Waals surface area contributed by atoms with Gasteiger partial charge in [0.25, 0.3) is 0 Å². The summed E-state index contributed by atoms with van der Waals surface area (Å²) in [5.74, 6) is 0.668. The predicted octanol–water partition coefficient (Wildman–Crippen LogP) is -1.75. The zero-order chi connectivity index (χ0) is 9.14. The van der Waals surface area contributed by atoms with Crippen LogP contribution >= 0.6 is 0 Å². The summed E-state index contributed by atoms with van der Waals surface area (Å²) in [6, 6.07) is 4.83. The summed E-state index contributed by atoms with van der Waals surface area (Å²) in [7, 11) is 1.54. The van der Waals surface area contributed by atoms with E-state index in [1.165, 1.54) is 6.07 Å². The van der Waals surface area contributed by atoms with Gasteiger partial charge in [0, 0.05) is 4.90 Å². The molecule has 0 radical (unpaired) electrons. The molecule has 0 aliphatic rings. The number of aryl methyl sites for hydroxylation is 1. The van der Waals surface area contributed by atoms with Crippen LogP contribution in [0.2, 0.25) is 0 Å². The van der Waals surface area contributed by atoms with E-state index >= 15 is 0 Å². The molecule has 1 aromatic rings. The van der Waals surface area contributed by atoms with Gasteiger partial charge in [-0.05, 0) is 41.8 Å². The van der Waals surface area contributed by atoms with Crippen molar-refractivity contribution in [3.8, 4) is 5.75 Å². The molecule has 0 bridgehead atoms. The molecule has 1 aromatic carbocycles. The van der Waals surface area contributed by atoms with Crippen LogP contribution in [-0.4, -0.2) is 15.9 Å². The van der Waals surface area contributed by atoms with Gasteiger partial charge in [0.15, 0.2) is 0 Å². The second-order valence-corrected chi connectivity index (χ2v) is 3.28. The van der Waals surface area contributed by atoms with E-state index in [1.54, 1.807) is 26.2 Å². The van der Waals surface area contributed by atoms with Gasteiger partial charge in [-0.15, -0.1) is 0 Å². The van der Waals surface area contributed by atoms with Crippen LogP contribution in [0.25, 0.3) is 0 Å². The standard InChI is InChI=1S/C8H10O3S.Na/c1-6-5-7(11-2)3-4-8(6)12(9)10;/h3-5H,1-2H3,(H,9,10);/q;+1/p-1. The number of hydrogen-bond donors (Lipinski definition) is 0. The molecule has 0 amide bonds. The fraction of sp³-hybridized carbons (Fsp3) is 0.250. The number of ether oxygens (including phenoxy) is 1. The maximum atomic E-state index is 10.6. The van der Waals surface area contributed by atoms with E-state index in [0.717, 1.165) is 0 Å². The van der Waals surface area contributed by atoms with Crippen LogP contribution in [0.4, 0.5) is 0 Å². The summed E-state index contributed by atoms with van der Waals surface area (Å²) in [6.07, 6.45) is 0. The van der Waals surface area contributed by atoms with Gasteiger partial charge in [0.1, 0.15) is 5.75 Å². The molecule has 3 nitrogen and oxygen atoms in total. The summed E-state index contributed by atoms with van der Waals surface area (Å²) >= 11 is -2.16. The normalized spacial score (nSPS) is 11.6. The van der Waals surface area contributed by atoms with Crippen LogP contribution in [0.1, 0.15) is 5.56 Å². The van der Waals surface area contributed by atoms with Gasteiger partial charge in [0.05, 0.1) is 7.11 Å². The van der Waals surface area contributed by atoms with Crippen molar-refractivity contribution in [1.82, 2.24) is 0 Å². The summed E-state index contributed by atoms with van der Waals surface area (Å²) in [6.45, 7) is 1.73. The molecule has 1 atom stereocenters. The number of benzene rings is 1. The molecule has 1 rings (SSSR count). The minimum atomic E-state index is -2.16. The van der Waals surface area contributed by atoms with Crippen molar-refractivity contribution in [1.29, 1.82) is 0 Å². The topological polar surface area (TPSA) is 49.4 Å². The molecule has 0 aliphatic heterocycles. The van der Waals surface area contributed by atoms with Gasteiger partial charge >= 0.3 is 29.6 Å². The van der Waals surface area contributed by atoms with Crippen molar-refractivity contribution in [3.05, 3.63) is 23.8 Å². The maximum Gasteiger partial charge on any atom is 1.00 e. The van der Waals surface area contributed by atoms with Gasteiger partial charge < -0.3 is 9.29 Å². The first-order valence-corrected chi connectivity index (χ1v) is 4.46. The van der Waals surface area contributed by atoms with Crippen molar-refractivity contribution in [2.45, 2.75) is 11.8 Å². The van der Waals surface area contributed by atoms with Crippen molar-refractivity contribution < 1.29 is 43.1 Å². The Morgan fingerprint density at radius 3 is 2.46 bits per heavy atom. The molecule has 0 heterocycles. The molecule has 5 heteroatoms. The Kier molecular flexibility index (Phi) is 5.83. The summed E-state index contributed by atoms with van der Waals surface area (Å²) in [5.41, 5.74) is 0.697. The molecule has 13 heavy (non-hydrogen) atoms. The van der Waals surface area contributed by atoms with Crippen LogP contribution in [0.5, 0.6) is 5.75 Å². The SMILES string of the molecule is COc1ccc(S(=O)[O-])c(C)c1.[Na+]. The molecular formula is C8H9NaO3S. The predicted molar refractivity (Wildman–Crippen MR) is 44.9 cm³/mol.